The van der Waals surface area contributed by atoms with Crippen molar-refractivity contribution in [3.63, 3.8) is 0 Å². The lowest BCUT2D eigenvalue weighted by Gasteiger charge is -2.20. The minimum absolute atomic E-state index is 0.121. The van der Waals surface area contributed by atoms with Gasteiger partial charge in [0.1, 0.15) is 5.69 Å². The van der Waals surface area contributed by atoms with E-state index in [-0.39, 0.29) is 18.3 Å². The largest absolute Gasteiger partial charge is 0.469 e. The Morgan fingerprint density at radius 3 is 2.61 bits per heavy atom. The third-order valence-corrected chi connectivity index (χ3v) is 2.70. The van der Waals surface area contributed by atoms with Crippen LogP contribution in [0.2, 0.25) is 0 Å². The Morgan fingerprint density at radius 1 is 1.50 bits per heavy atom. The summed E-state index contributed by atoms with van der Waals surface area (Å²) in [5, 5.41) is 4.14. The molecule has 0 fully saturated rings. The molecule has 0 atom stereocenters. The molecule has 1 heterocycles. The molecule has 6 nitrogen and oxygen atoms in total. The molecule has 0 aliphatic rings. The van der Waals surface area contributed by atoms with Gasteiger partial charge in [-0.25, -0.2) is 0 Å². The highest BCUT2D eigenvalue weighted by atomic mass is 16.5. The van der Waals surface area contributed by atoms with Crippen LogP contribution in [0.25, 0.3) is 0 Å². The van der Waals surface area contributed by atoms with Crippen LogP contribution in [0.3, 0.4) is 0 Å². The Balaban J connectivity index is 2.73. The van der Waals surface area contributed by atoms with Crippen LogP contribution in [-0.4, -0.2) is 46.8 Å². The summed E-state index contributed by atoms with van der Waals surface area (Å²) in [6, 6.07) is 1.74. The fourth-order valence-corrected chi connectivity index (χ4v) is 1.70. The van der Waals surface area contributed by atoms with Gasteiger partial charge in [0.05, 0.1) is 19.2 Å². The number of hydrogen-bond acceptors (Lipinski definition) is 4. The highest BCUT2D eigenvalue weighted by Gasteiger charge is 2.19. The molecule has 1 aromatic rings. The molecule has 0 saturated carbocycles. The first-order valence-electron chi connectivity index (χ1n) is 5.86. The topological polar surface area (TPSA) is 64.4 Å². The molecule has 1 aromatic heterocycles. The number of carbonyl (C=O) groups is 2. The Labute approximate surface area is 107 Å². The lowest BCUT2D eigenvalue weighted by molar-refractivity contribution is -0.140. The van der Waals surface area contributed by atoms with Gasteiger partial charge in [-0.15, -0.1) is 0 Å². The zero-order chi connectivity index (χ0) is 13.7. The second kappa shape index (κ2) is 6.18. The number of carbonyl (C=O) groups excluding carboxylic acids is 2. The number of nitrogens with zero attached hydrogens (tertiary/aromatic N) is 3. The SMILES string of the molecule is CCN(CCC(=O)OC)C(=O)c1cc(C)nn1C. The van der Waals surface area contributed by atoms with E-state index in [9.17, 15) is 9.59 Å². The maximum atomic E-state index is 12.2. The number of hydrogen-bond donors (Lipinski definition) is 0. The number of aromatic nitrogens is 2. The summed E-state index contributed by atoms with van der Waals surface area (Å²) in [6.45, 7) is 4.60. The van der Waals surface area contributed by atoms with E-state index >= 15 is 0 Å². The van der Waals surface area contributed by atoms with Crippen molar-refractivity contribution >= 4 is 11.9 Å². The highest BCUT2D eigenvalue weighted by Crippen LogP contribution is 2.07. The smallest absolute Gasteiger partial charge is 0.307 e. The Bertz CT molecular complexity index is 440. The lowest BCUT2D eigenvalue weighted by atomic mass is 10.3. The van der Waals surface area contributed by atoms with Gasteiger partial charge in [-0.1, -0.05) is 0 Å². The van der Waals surface area contributed by atoms with Gasteiger partial charge < -0.3 is 9.64 Å². The molecule has 0 aromatic carbocycles. The summed E-state index contributed by atoms with van der Waals surface area (Å²) in [7, 11) is 3.07. The summed E-state index contributed by atoms with van der Waals surface area (Å²) in [5.41, 5.74) is 1.32. The van der Waals surface area contributed by atoms with Crippen molar-refractivity contribution in [1.82, 2.24) is 14.7 Å². The second-order valence-corrected chi connectivity index (χ2v) is 4.01. The summed E-state index contributed by atoms with van der Waals surface area (Å²) in [5.74, 6) is -0.438. The van der Waals surface area contributed by atoms with Crippen molar-refractivity contribution in [3.8, 4) is 0 Å². The minimum Gasteiger partial charge on any atom is -0.469 e. The number of aryl methyl sites for hydroxylation is 2. The van der Waals surface area contributed by atoms with Gasteiger partial charge >= 0.3 is 5.97 Å². The van der Waals surface area contributed by atoms with Gasteiger partial charge in [0.25, 0.3) is 5.91 Å². The predicted molar refractivity (Wildman–Crippen MR) is 66.2 cm³/mol. The van der Waals surface area contributed by atoms with Crippen molar-refractivity contribution < 1.29 is 14.3 Å². The van der Waals surface area contributed by atoms with Crippen LogP contribution in [0.1, 0.15) is 29.5 Å². The van der Waals surface area contributed by atoms with Crippen molar-refractivity contribution in [1.29, 1.82) is 0 Å². The monoisotopic (exact) mass is 253 g/mol. The van der Waals surface area contributed by atoms with E-state index in [0.29, 0.717) is 18.8 Å². The number of ether oxygens (including phenoxy) is 1. The fraction of sp³-hybridized carbons (Fsp3) is 0.583. The number of methoxy groups -OCH3 is 1. The third-order valence-electron chi connectivity index (χ3n) is 2.70. The standard InChI is InChI=1S/C12H19N3O3/c1-5-15(7-6-11(16)18-4)12(17)10-8-9(2)13-14(10)3/h8H,5-7H2,1-4H3. The third kappa shape index (κ3) is 3.32. The van der Waals surface area contributed by atoms with Gasteiger partial charge in [0.15, 0.2) is 0 Å². The molecular weight excluding hydrogens is 234 g/mol. The molecule has 0 spiro atoms. The normalized spacial score (nSPS) is 10.2. The van der Waals surface area contributed by atoms with Gasteiger partial charge in [-0.05, 0) is 19.9 Å². The average Bonchev–Trinajstić information content (AvgIpc) is 2.68. The minimum atomic E-state index is -0.317. The quantitative estimate of drug-likeness (QED) is 0.726. The zero-order valence-corrected chi connectivity index (χ0v) is 11.3. The molecule has 1 amide bonds. The first-order chi connectivity index (χ1) is 8.49. The van der Waals surface area contributed by atoms with E-state index in [0.717, 1.165) is 5.69 Å². The van der Waals surface area contributed by atoms with Crippen LogP contribution in [0.15, 0.2) is 6.07 Å². The van der Waals surface area contributed by atoms with E-state index in [1.165, 1.54) is 7.11 Å². The molecule has 6 heteroatoms. The van der Waals surface area contributed by atoms with E-state index in [2.05, 4.69) is 9.84 Å². The predicted octanol–water partition coefficient (Wildman–Crippen LogP) is 0.754. The summed E-state index contributed by atoms with van der Waals surface area (Å²) < 4.78 is 6.12. The molecule has 0 aliphatic carbocycles. The maximum Gasteiger partial charge on any atom is 0.307 e. The van der Waals surface area contributed by atoms with Gasteiger partial charge in [-0.2, -0.15) is 5.10 Å². The molecule has 0 radical (unpaired) electrons. The molecule has 0 aliphatic heterocycles. The van der Waals surface area contributed by atoms with Gasteiger partial charge in [0.2, 0.25) is 0 Å². The Kier molecular flexibility index (Phi) is 4.88. The Morgan fingerprint density at radius 2 is 2.17 bits per heavy atom. The van der Waals surface area contributed by atoms with E-state index in [1.54, 1.807) is 22.7 Å². The molecule has 18 heavy (non-hydrogen) atoms. The summed E-state index contributed by atoms with van der Waals surface area (Å²) >= 11 is 0. The van der Waals surface area contributed by atoms with Gasteiger partial charge in [-0.3, -0.25) is 14.3 Å². The molecular formula is C12H19N3O3. The average molecular weight is 253 g/mol. The zero-order valence-electron chi connectivity index (χ0n) is 11.3. The molecule has 1 rings (SSSR count). The van der Waals surface area contributed by atoms with Crippen molar-refractivity contribution in [2.45, 2.75) is 20.3 Å². The van der Waals surface area contributed by atoms with Crippen molar-refractivity contribution in [3.05, 3.63) is 17.5 Å². The molecule has 0 saturated heterocycles. The number of rotatable bonds is 5. The first kappa shape index (κ1) is 14.2. The van der Waals surface area contributed by atoms with E-state index < -0.39 is 0 Å². The van der Waals surface area contributed by atoms with Crippen LogP contribution in [-0.2, 0) is 16.6 Å². The fourth-order valence-electron chi connectivity index (χ4n) is 1.70. The summed E-state index contributed by atoms with van der Waals surface area (Å²) in [6.07, 6.45) is 0.201. The molecule has 0 unspecified atom stereocenters. The molecule has 0 bridgehead atoms. The lowest BCUT2D eigenvalue weighted by Crippen LogP contribution is -2.34. The van der Waals surface area contributed by atoms with Crippen LogP contribution in [0.4, 0.5) is 0 Å². The van der Waals surface area contributed by atoms with Crippen LogP contribution in [0, 0.1) is 6.92 Å². The van der Waals surface area contributed by atoms with Crippen molar-refractivity contribution in [2.75, 3.05) is 20.2 Å². The van der Waals surface area contributed by atoms with E-state index in [4.69, 9.17) is 0 Å². The van der Waals surface area contributed by atoms with Crippen LogP contribution < -0.4 is 0 Å². The number of amides is 1. The summed E-state index contributed by atoms with van der Waals surface area (Å²) in [4.78, 5) is 24.9. The van der Waals surface area contributed by atoms with Crippen LogP contribution >= 0.6 is 0 Å². The van der Waals surface area contributed by atoms with Gasteiger partial charge in [0, 0.05) is 20.1 Å². The number of esters is 1. The maximum absolute atomic E-state index is 12.2. The first-order valence-corrected chi connectivity index (χ1v) is 5.86. The second-order valence-electron chi connectivity index (χ2n) is 4.01. The molecule has 100 valence electrons. The highest BCUT2D eigenvalue weighted by molar-refractivity contribution is 5.92. The Hall–Kier alpha value is -1.85. The van der Waals surface area contributed by atoms with E-state index in [1.807, 2.05) is 13.8 Å². The van der Waals surface area contributed by atoms with Crippen molar-refractivity contribution in [2.24, 2.45) is 7.05 Å². The molecule has 0 N–H and O–H groups in total. The van der Waals surface area contributed by atoms with Crippen LogP contribution in [0.5, 0.6) is 0 Å².